The van der Waals surface area contributed by atoms with Crippen molar-refractivity contribution >= 4 is 21.4 Å². The molecule has 17 heavy (non-hydrogen) atoms. The van der Waals surface area contributed by atoms with Crippen LogP contribution < -0.4 is 0 Å². The van der Waals surface area contributed by atoms with Crippen LogP contribution in [0.25, 0.3) is 0 Å². The summed E-state index contributed by atoms with van der Waals surface area (Å²) in [4.78, 5) is -0.377. The van der Waals surface area contributed by atoms with E-state index in [0.717, 1.165) is 13.1 Å². The fraction of sp³-hybridized carbons (Fsp3) is 0.625. The third-order valence-electron chi connectivity index (χ3n) is 2.26. The van der Waals surface area contributed by atoms with Crippen molar-refractivity contribution in [1.82, 2.24) is 9.78 Å². The molecule has 1 aromatic heterocycles. The van der Waals surface area contributed by atoms with Crippen LogP contribution in [0.4, 0.5) is 13.2 Å². The minimum atomic E-state index is -4.54. The van der Waals surface area contributed by atoms with Gasteiger partial charge in [0, 0.05) is 0 Å². The third-order valence-corrected chi connectivity index (χ3v) is 4.48. The molecule has 9 heteroatoms. The van der Waals surface area contributed by atoms with Crippen LogP contribution in [-0.4, -0.2) is 30.1 Å². The van der Waals surface area contributed by atoms with Gasteiger partial charge in [-0.1, -0.05) is 18.5 Å². The number of hydrogen-bond acceptors (Lipinski definition) is 3. The molecule has 0 saturated carbocycles. The molecular formula is C8H10ClF3N2O2S. The van der Waals surface area contributed by atoms with E-state index >= 15 is 0 Å². The molecule has 1 aromatic rings. The van der Waals surface area contributed by atoms with Crippen molar-refractivity contribution in [3.8, 4) is 0 Å². The fourth-order valence-electron chi connectivity index (χ4n) is 1.10. The Morgan fingerprint density at radius 2 is 2.06 bits per heavy atom. The summed E-state index contributed by atoms with van der Waals surface area (Å²) in [5.74, 6) is -0.251. The van der Waals surface area contributed by atoms with Crippen molar-refractivity contribution in [2.24, 2.45) is 0 Å². The lowest BCUT2D eigenvalue weighted by atomic mass is 10.3. The van der Waals surface area contributed by atoms with Gasteiger partial charge in [-0.2, -0.15) is 18.3 Å². The maximum atomic E-state index is 12.4. The first-order valence-corrected chi connectivity index (χ1v) is 6.66. The summed E-state index contributed by atoms with van der Waals surface area (Å²) < 4.78 is 60.7. The Balaban J connectivity index is 3.26. The molecule has 0 aliphatic heterocycles. The Morgan fingerprint density at radius 3 is 2.47 bits per heavy atom. The molecule has 1 atom stereocenters. The molecular weight excluding hydrogens is 281 g/mol. The van der Waals surface area contributed by atoms with E-state index in [1.54, 1.807) is 0 Å². The predicted molar refractivity (Wildman–Crippen MR) is 55.7 cm³/mol. The lowest BCUT2D eigenvalue weighted by Gasteiger charge is -2.16. The van der Waals surface area contributed by atoms with Crippen LogP contribution in [0.15, 0.2) is 11.1 Å². The molecule has 98 valence electrons. The molecule has 0 saturated heterocycles. The summed E-state index contributed by atoms with van der Waals surface area (Å²) >= 11 is 5.61. The van der Waals surface area contributed by atoms with Gasteiger partial charge in [-0.25, -0.2) is 13.1 Å². The number of nitrogens with zero attached hydrogens (tertiary/aromatic N) is 2. The van der Waals surface area contributed by atoms with Crippen molar-refractivity contribution in [2.75, 3.05) is 5.75 Å². The van der Waals surface area contributed by atoms with Gasteiger partial charge in [0.2, 0.25) is 0 Å². The zero-order valence-corrected chi connectivity index (χ0v) is 10.6. The lowest BCUT2D eigenvalue weighted by molar-refractivity contribution is -0.165. The SMILES string of the molecule is CCS(=O)(=O)c1cnn(C(C)C(F)(F)F)c1Cl. The second-order valence-corrected chi connectivity index (χ2v) is 5.97. The van der Waals surface area contributed by atoms with Crippen molar-refractivity contribution in [3.05, 3.63) is 11.3 Å². The molecule has 0 aromatic carbocycles. The van der Waals surface area contributed by atoms with Crippen LogP contribution in [0.2, 0.25) is 5.15 Å². The standard InChI is InChI=1S/C8H10ClF3N2O2S/c1-3-17(15,16)6-4-13-14(7(6)9)5(2)8(10,11)12/h4-5H,3H2,1-2H3. The van der Waals surface area contributed by atoms with Crippen LogP contribution >= 0.6 is 11.6 Å². The van der Waals surface area contributed by atoms with Crippen molar-refractivity contribution in [2.45, 2.75) is 31.0 Å². The van der Waals surface area contributed by atoms with Gasteiger partial charge in [-0.3, -0.25) is 0 Å². The molecule has 0 amide bonds. The highest BCUT2D eigenvalue weighted by Crippen LogP contribution is 2.33. The zero-order chi connectivity index (χ0) is 13.4. The molecule has 0 bridgehead atoms. The number of alkyl halides is 3. The van der Waals surface area contributed by atoms with Gasteiger partial charge >= 0.3 is 6.18 Å². The number of sulfone groups is 1. The van der Waals surface area contributed by atoms with Crippen LogP contribution in [-0.2, 0) is 9.84 Å². The second kappa shape index (κ2) is 4.49. The molecule has 0 spiro atoms. The Hall–Kier alpha value is -0.760. The van der Waals surface area contributed by atoms with Gasteiger partial charge in [-0.15, -0.1) is 0 Å². The molecule has 0 aliphatic rings. The van der Waals surface area contributed by atoms with Crippen LogP contribution in [0.5, 0.6) is 0 Å². The lowest BCUT2D eigenvalue weighted by Crippen LogP contribution is -2.24. The monoisotopic (exact) mass is 290 g/mol. The van der Waals surface area contributed by atoms with E-state index in [1.165, 1.54) is 6.92 Å². The molecule has 1 unspecified atom stereocenters. The van der Waals surface area contributed by atoms with Crippen LogP contribution in [0.1, 0.15) is 19.9 Å². The van der Waals surface area contributed by atoms with Gasteiger partial charge in [0.1, 0.15) is 16.1 Å². The molecule has 1 rings (SSSR count). The maximum absolute atomic E-state index is 12.4. The van der Waals surface area contributed by atoms with E-state index in [4.69, 9.17) is 11.6 Å². The fourth-order valence-corrected chi connectivity index (χ4v) is 2.56. The van der Waals surface area contributed by atoms with Crippen LogP contribution in [0, 0.1) is 0 Å². The smallest absolute Gasteiger partial charge is 0.241 e. The molecule has 4 nitrogen and oxygen atoms in total. The van der Waals surface area contributed by atoms with E-state index in [-0.39, 0.29) is 10.6 Å². The highest BCUT2D eigenvalue weighted by molar-refractivity contribution is 7.91. The molecule has 0 N–H and O–H groups in total. The van der Waals surface area contributed by atoms with Gasteiger partial charge < -0.3 is 0 Å². The van der Waals surface area contributed by atoms with Crippen LogP contribution in [0.3, 0.4) is 0 Å². The molecule has 0 aliphatic carbocycles. The van der Waals surface area contributed by atoms with Gasteiger partial charge in [0.05, 0.1) is 11.9 Å². The topological polar surface area (TPSA) is 52.0 Å². The average molecular weight is 291 g/mol. The first kappa shape index (κ1) is 14.3. The largest absolute Gasteiger partial charge is 0.410 e. The van der Waals surface area contributed by atoms with E-state index in [2.05, 4.69) is 5.10 Å². The molecule has 1 heterocycles. The second-order valence-electron chi connectivity index (χ2n) is 3.37. The minimum absolute atomic E-state index is 0.251. The third kappa shape index (κ3) is 2.74. The maximum Gasteiger partial charge on any atom is 0.410 e. The summed E-state index contributed by atoms with van der Waals surface area (Å²) in [5.41, 5.74) is 0. The highest BCUT2D eigenvalue weighted by Gasteiger charge is 2.40. The van der Waals surface area contributed by atoms with Crippen molar-refractivity contribution < 1.29 is 21.6 Å². The minimum Gasteiger partial charge on any atom is -0.241 e. The average Bonchev–Trinajstić information content (AvgIpc) is 2.58. The normalized spacial score (nSPS) is 14.9. The summed E-state index contributed by atoms with van der Waals surface area (Å²) in [6, 6.07) is -1.98. The highest BCUT2D eigenvalue weighted by atomic mass is 35.5. The predicted octanol–water partition coefficient (Wildman–Crippen LogP) is 2.45. The van der Waals surface area contributed by atoms with E-state index < -0.39 is 27.2 Å². The number of hydrogen-bond donors (Lipinski definition) is 0. The Kier molecular flexibility index (Phi) is 3.78. The first-order valence-electron chi connectivity index (χ1n) is 4.63. The summed E-state index contributed by atoms with van der Waals surface area (Å²) in [5, 5.41) is 2.86. The first-order chi connectivity index (χ1) is 7.61. The number of halogens is 4. The van der Waals surface area contributed by atoms with E-state index in [0.29, 0.717) is 4.68 Å². The van der Waals surface area contributed by atoms with Gasteiger partial charge in [0.15, 0.2) is 9.84 Å². The summed E-state index contributed by atoms with van der Waals surface area (Å²) in [6.07, 6.45) is -3.70. The zero-order valence-electron chi connectivity index (χ0n) is 8.99. The molecule has 0 radical (unpaired) electrons. The van der Waals surface area contributed by atoms with Crippen molar-refractivity contribution in [3.63, 3.8) is 0 Å². The Bertz CT molecular complexity index is 509. The number of rotatable bonds is 3. The Morgan fingerprint density at radius 1 is 1.53 bits per heavy atom. The summed E-state index contributed by atoms with van der Waals surface area (Å²) in [6.45, 7) is 2.22. The van der Waals surface area contributed by atoms with Gasteiger partial charge in [-0.05, 0) is 6.92 Å². The summed E-state index contributed by atoms with van der Waals surface area (Å²) in [7, 11) is -3.67. The quantitative estimate of drug-likeness (QED) is 0.859. The van der Waals surface area contributed by atoms with Gasteiger partial charge in [0.25, 0.3) is 0 Å². The van der Waals surface area contributed by atoms with Crippen molar-refractivity contribution in [1.29, 1.82) is 0 Å². The van der Waals surface area contributed by atoms with E-state index in [9.17, 15) is 21.6 Å². The van der Waals surface area contributed by atoms with E-state index in [1.807, 2.05) is 0 Å². The molecule has 0 fully saturated rings. The Labute approximate surface area is 101 Å². The number of aromatic nitrogens is 2.